The zero-order valence-corrected chi connectivity index (χ0v) is 14.4. The predicted molar refractivity (Wildman–Crippen MR) is 93.4 cm³/mol. The predicted octanol–water partition coefficient (Wildman–Crippen LogP) is 3.12. The summed E-state index contributed by atoms with van der Waals surface area (Å²) >= 11 is 5.86. The van der Waals surface area contributed by atoms with Gasteiger partial charge >= 0.3 is 0 Å². The van der Waals surface area contributed by atoms with Crippen LogP contribution in [0.1, 0.15) is 47.7 Å². The second-order valence-corrected chi connectivity index (χ2v) is 6.59. The summed E-state index contributed by atoms with van der Waals surface area (Å²) in [6.45, 7) is 0.433. The number of hydrogen-bond acceptors (Lipinski definition) is 3. The Kier molecular flexibility index (Phi) is 5.48. The Morgan fingerprint density at radius 2 is 2.12 bits per heavy atom. The first-order chi connectivity index (χ1) is 12.1. The first-order valence-electron chi connectivity index (χ1n) is 8.35. The van der Waals surface area contributed by atoms with Crippen LogP contribution < -0.4 is 10.9 Å². The van der Waals surface area contributed by atoms with E-state index in [0.717, 1.165) is 18.5 Å². The molecule has 3 rings (SSSR count). The van der Waals surface area contributed by atoms with Gasteiger partial charge in [0, 0.05) is 25.1 Å². The SMILES string of the molecule is O=C(NCCn1cnc(C2CCCC2)cc1=O)c1c(F)cccc1Cl. The van der Waals surface area contributed by atoms with Crippen molar-refractivity contribution in [3.05, 3.63) is 63.0 Å². The van der Waals surface area contributed by atoms with Crippen molar-refractivity contribution in [2.45, 2.75) is 38.1 Å². The lowest BCUT2D eigenvalue weighted by Crippen LogP contribution is -2.31. The summed E-state index contributed by atoms with van der Waals surface area (Å²) in [4.78, 5) is 28.6. The van der Waals surface area contributed by atoms with Crippen LogP contribution in [0.5, 0.6) is 0 Å². The smallest absolute Gasteiger partial charge is 0.255 e. The Morgan fingerprint density at radius 1 is 1.36 bits per heavy atom. The zero-order chi connectivity index (χ0) is 17.8. The second kappa shape index (κ2) is 7.78. The molecule has 1 fully saturated rings. The molecule has 0 bridgehead atoms. The van der Waals surface area contributed by atoms with E-state index in [9.17, 15) is 14.0 Å². The standard InChI is InChI=1S/C18H19ClFN3O2/c19-13-6-3-7-14(20)17(13)18(25)21-8-9-23-11-22-15(10-16(23)24)12-4-1-2-5-12/h3,6-7,10-12H,1-2,4-5,8-9H2,(H,21,25). The van der Waals surface area contributed by atoms with Crippen molar-refractivity contribution in [2.24, 2.45) is 0 Å². The number of carbonyl (C=O) groups excluding carboxylic acids is 1. The zero-order valence-electron chi connectivity index (χ0n) is 13.7. The van der Waals surface area contributed by atoms with Crippen molar-refractivity contribution in [2.75, 3.05) is 6.54 Å². The molecule has 7 heteroatoms. The van der Waals surface area contributed by atoms with Crippen molar-refractivity contribution in [3.8, 4) is 0 Å². The molecule has 1 aromatic carbocycles. The van der Waals surface area contributed by atoms with E-state index in [2.05, 4.69) is 10.3 Å². The molecule has 1 heterocycles. The third-order valence-corrected chi connectivity index (χ3v) is 4.82. The van der Waals surface area contributed by atoms with Gasteiger partial charge in [-0.2, -0.15) is 0 Å². The van der Waals surface area contributed by atoms with Gasteiger partial charge in [0.1, 0.15) is 5.82 Å². The van der Waals surface area contributed by atoms with Gasteiger partial charge in [0.15, 0.2) is 0 Å². The average Bonchev–Trinajstić information content (AvgIpc) is 3.10. The number of amides is 1. The summed E-state index contributed by atoms with van der Waals surface area (Å²) in [5, 5.41) is 2.63. The molecule has 1 N–H and O–H groups in total. The van der Waals surface area contributed by atoms with Gasteiger partial charge in [0.05, 0.1) is 22.6 Å². The number of nitrogens with one attached hydrogen (secondary N) is 1. The Morgan fingerprint density at radius 3 is 2.80 bits per heavy atom. The average molecular weight is 364 g/mol. The Balaban J connectivity index is 1.60. The summed E-state index contributed by atoms with van der Waals surface area (Å²) in [6, 6.07) is 5.64. The van der Waals surface area contributed by atoms with Gasteiger partial charge in [-0.3, -0.25) is 14.2 Å². The monoisotopic (exact) mass is 363 g/mol. The van der Waals surface area contributed by atoms with Gasteiger partial charge in [0.25, 0.3) is 11.5 Å². The van der Waals surface area contributed by atoms with Crippen LogP contribution in [-0.4, -0.2) is 22.0 Å². The molecule has 5 nitrogen and oxygen atoms in total. The molecule has 1 saturated carbocycles. The van der Waals surface area contributed by atoms with Crippen LogP contribution >= 0.6 is 11.6 Å². The highest BCUT2D eigenvalue weighted by Crippen LogP contribution is 2.32. The maximum Gasteiger partial charge on any atom is 0.255 e. The number of halogens is 2. The molecule has 1 aliphatic rings. The summed E-state index contributed by atoms with van der Waals surface area (Å²) < 4.78 is 15.1. The quantitative estimate of drug-likeness (QED) is 0.887. The maximum atomic E-state index is 13.7. The van der Waals surface area contributed by atoms with Crippen molar-refractivity contribution in [3.63, 3.8) is 0 Å². The van der Waals surface area contributed by atoms with Gasteiger partial charge in [-0.15, -0.1) is 0 Å². The number of rotatable bonds is 5. The molecule has 0 aliphatic heterocycles. The Hall–Kier alpha value is -2.21. The summed E-state index contributed by atoms with van der Waals surface area (Å²) in [7, 11) is 0. The summed E-state index contributed by atoms with van der Waals surface area (Å²) in [5.41, 5.74) is 0.516. The van der Waals surface area contributed by atoms with Crippen LogP contribution in [0.3, 0.4) is 0 Å². The van der Waals surface area contributed by atoms with Crippen LogP contribution in [0, 0.1) is 5.82 Å². The Labute approximate surface area is 149 Å². The molecule has 132 valence electrons. The highest BCUT2D eigenvalue weighted by atomic mass is 35.5. The van der Waals surface area contributed by atoms with Crippen LogP contribution in [0.25, 0.3) is 0 Å². The van der Waals surface area contributed by atoms with Gasteiger partial charge in [-0.25, -0.2) is 9.37 Å². The van der Waals surface area contributed by atoms with E-state index in [0.29, 0.717) is 5.92 Å². The second-order valence-electron chi connectivity index (χ2n) is 6.18. The molecular weight excluding hydrogens is 345 g/mol. The number of hydrogen-bond donors (Lipinski definition) is 1. The van der Waals surface area contributed by atoms with E-state index in [1.54, 1.807) is 6.07 Å². The number of carbonyl (C=O) groups is 1. The minimum absolute atomic E-state index is 0.0530. The van der Waals surface area contributed by atoms with Crippen molar-refractivity contribution < 1.29 is 9.18 Å². The normalized spacial score (nSPS) is 14.6. The maximum absolute atomic E-state index is 13.7. The van der Waals surface area contributed by atoms with E-state index in [4.69, 9.17) is 11.6 Å². The molecule has 1 aliphatic carbocycles. The van der Waals surface area contributed by atoms with E-state index in [1.807, 2.05) is 0 Å². The highest BCUT2D eigenvalue weighted by Gasteiger charge is 2.19. The van der Waals surface area contributed by atoms with Crippen molar-refractivity contribution in [1.82, 2.24) is 14.9 Å². The lowest BCUT2D eigenvalue weighted by Gasteiger charge is -2.11. The first kappa shape index (κ1) is 17.6. The fourth-order valence-corrected chi connectivity index (χ4v) is 3.39. The lowest BCUT2D eigenvalue weighted by molar-refractivity contribution is 0.0948. The van der Waals surface area contributed by atoms with Crippen LogP contribution in [0.4, 0.5) is 4.39 Å². The Bertz CT molecular complexity index is 811. The third kappa shape index (κ3) is 4.07. The molecule has 25 heavy (non-hydrogen) atoms. The minimum atomic E-state index is -0.676. The fourth-order valence-electron chi connectivity index (χ4n) is 3.15. The third-order valence-electron chi connectivity index (χ3n) is 4.50. The molecule has 1 amide bonds. The van der Waals surface area contributed by atoms with Gasteiger partial charge in [-0.05, 0) is 25.0 Å². The van der Waals surface area contributed by atoms with Gasteiger partial charge in [-0.1, -0.05) is 30.5 Å². The topological polar surface area (TPSA) is 64.0 Å². The summed E-state index contributed by atoms with van der Waals surface area (Å²) in [5.74, 6) is -0.901. The van der Waals surface area contributed by atoms with E-state index in [-0.39, 0.29) is 29.2 Å². The molecule has 1 aromatic heterocycles. The first-order valence-corrected chi connectivity index (χ1v) is 8.72. The molecule has 0 spiro atoms. The van der Waals surface area contributed by atoms with E-state index < -0.39 is 11.7 Å². The van der Waals surface area contributed by atoms with Crippen LogP contribution in [-0.2, 0) is 6.54 Å². The van der Waals surface area contributed by atoms with Crippen LogP contribution in [0.15, 0.2) is 35.4 Å². The number of benzene rings is 1. The van der Waals surface area contributed by atoms with E-state index >= 15 is 0 Å². The lowest BCUT2D eigenvalue weighted by atomic mass is 10.0. The molecule has 0 saturated heterocycles. The van der Waals surface area contributed by atoms with E-state index in [1.165, 1.54) is 41.9 Å². The molecule has 0 atom stereocenters. The van der Waals surface area contributed by atoms with Crippen molar-refractivity contribution in [1.29, 1.82) is 0 Å². The van der Waals surface area contributed by atoms with Gasteiger partial charge in [0.2, 0.25) is 0 Å². The van der Waals surface area contributed by atoms with Gasteiger partial charge < -0.3 is 5.32 Å². The highest BCUT2D eigenvalue weighted by molar-refractivity contribution is 6.33. The molecule has 2 aromatic rings. The molecular formula is C18H19ClFN3O2. The largest absolute Gasteiger partial charge is 0.350 e. The number of nitrogens with zero attached hydrogens (tertiary/aromatic N) is 2. The van der Waals surface area contributed by atoms with Crippen molar-refractivity contribution >= 4 is 17.5 Å². The minimum Gasteiger partial charge on any atom is -0.350 e. The fraction of sp³-hybridized carbons (Fsp3) is 0.389. The van der Waals surface area contributed by atoms with Crippen LogP contribution in [0.2, 0.25) is 5.02 Å². The summed E-state index contributed by atoms with van der Waals surface area (Å²) in [6.07, 6.45) is 6.03. The number of aromatic nitrogens is 2. The molecule has 0 unspecified atom stereocenters. The molecule has 0 radical (unpaired) electrons.